The van der Waals surface area contributed by atoms with Crippen molar-refractivity contribution in [2.75, 3.05) is 11.9 Å². The summed E-state index contributed by atoms with van der Waals surface area (Å²) >= 11 is 1.45. The molecule has 0 saturated carbocycles. The van der Waals surface area contributed by atoms with Crippen LogP contribution in [0.2, 0.25) is 0 Å². The highest BCUT2D eigenvalue weighted by Gasteiger charge is 2.10. The maximum Gasteiger partial charge on any atom is 0.265 e. The van der Waals surface area contributed by atoms with Gasteiger partial charge >= 0.3 is 0 Å². The molecule has 0 aliphatic rings. The van der Waals surface area contributed by atoms with Gasteiger partial charge in [-0.15, -0.1) is 11.3 Å². The molecule has 1 aromatic heterocycles. The van der Waals surface area contributed by atoms with Crippen molar-refractivity contribution in [1.82, 2.24) is 0 Å². The first-order chi connectivity index (χ1) is 9.61. The zero-order valence-corrected chi connectivity index (χ0v) is 12.3. The third-order valence-corrected chi connectivity index (χ3v) is 3.89. The summed E-state index contributed by atoms with van der Waals surface area (Å²) in [6.45, 7) is 4.24. The molecular formula is C16H16N2OS. The van der Waals surface area contributed by atoms with Crippen molar-refractivity contribution < 1.29 is 4.79 Å². The van der Waals surface area contributed by atoms with Crippen molar-refractivity contribution in [3.05, 3.63) is 51.2 Å². The number of hydrogen-bond acceptors (Lipinski definition) is 3. The Labute approximate surface area is 122 Å². The lowest BCUT2D eigenvalue weighted by atomic mass is 10.1. The van der Waals surface area contributed by atoms with E-state index in [0.717, 1.165) is 27.3 Å². The Balaban J connectivity index is 2.17. The fourth-order valence-corrected chi connectivity index (χ4v) is 2.64. The summed E-state index contributed by atoms with van der Waals surface area (Å²) in [4.78, 5) is 12.9. The Bertz CT molecular complexity index is 692. The van der Waals surface area contributed by atoms with Gasteiger partial charge in [0.25, 0.3) is 5.91 Å². The highest BCUT2D eigenvalue weighted by atomic mass is 32.1. The molecule has 102 valence electrons. The van der Waals surface area contributed by atoms with Crippen molar-refractivity contribution in [1.29, 1.82) is 0 Å². The Morgan fingerprint density at radius 3 is 2.70 bits per heavy atom. The van der Waals surface area contributed by atoms with Crippen molar-refractivity contribution >= 4 is 22.9 Å². The van der Waals surface area contributed by atoms with Gasteiger partial charge in [-0.25, -0.2) is 0 Å². The third-order valence-electron chi connectivity index (χ3n) is 2.88. The molecule has 0 saturated heterocycles. The number of thiophene rings is 1. The molecule has 3 N–H and O–H groups in total. The highest BCUT2D eigenvalue weighted by Crippen LogP contribution is 2.19. The van der Waals surface area contributed by atoms with Crippen molar-refractivity contribution in [2.45, 2.75) is 13.8 Å². The highest BCUT2D eigenvalue weighted by molar-refractivity contribution is 7.12. The lowest BCUT2D eigenvalue weighted by Gasteiger charge is -2.07. The molecule has 1 heterocycles. The summed E-state index contributed by atoms with van der Waals surface area (Å²) in [5.74, 6) is 5.76. The number of nitrogens with one attached hydrogen (secondary N) is 1. The third kappa shape index (κ3) is 3.27. The minimum absolute atomic E-state index is 0.0716. The molecule has 1 amide bonds. The van der Waals surface area contributed by atoms with E-state index in [1.807, 2.05) is 43.5 Å². The summed E-state index contributed by atoms with van der Waals surface area (Å²) in [5, 5.41) is 4.83. The van der Waals surface area contributed by atoms with E-state index in [9.17, 15) is 4.79 Å². The number of rotatable bonds is 2. The molecule has 2 aromatic rings. The van der Waals surface area contributed by atoms with E-state index in [0.29, 0.717) is 6.54 Å². The van der Waals surface area contributed by atoms with Crippen LogP contribution in [0, 0.1) is 25.7 Å². The Morgan fingerprint density at radius 1 is 1.30 bits per heavy atom. The molecule has 0 atom stereocenters. The molecule has 0 spiro atoms. The van der Waals surface area contributed by atoms with E-state index >= 15 is 0 Å². The summed E-state index contributed by atoms with van der Waals surface area (Å²) in [7, 11) is 0. The van der Waals surface area contributed by atoms with Gasteiger partial charge in [-0.1, -0.05) is 11.8 Å². The van der Waals surface area contributed by atoms with Gasteiger partial charge in [-0.05, 0) is 54.6 Å². The summed E-state index contributed by atoms with van der Waals surface area (Å²) in [5.41, 5.74) is 9.08. The second-order valence-corrected chi connectivity index (χ2v) is 5.34. The van der Waals surface area contributed by atoms with Crippen LogP contribution in [0.25, 0.3) is 0 Å². The minimum Gasteiger partial charge on any atom is -0.321 e. The maximum absolute atomic E-state index is 12.1. The zero-order valence-electron chi connectivity index (χ0n) is 11.5. The largest absolute Gasteiger partial charge is 0.321 e. The molecule has 1 aromatic carbocycles. The number of amides is 1. The first-order valence-electron chi connectivity index (χ1n) is 6.27. The lowest BCUT2D eigenvalue weighted by molar-refractivity contribution is 0.103. The fourth-order valence-electron chi connectivity index (χ4n) is 1.82. The van der Waals surface area contributed by atoms with E-state index in [1.165, 1.54) is 11.3 Å². The van der Waals surface area contributed by atoms with E-state index in [-0.39, 0.29) is 5.91 Å². The van der Waals surface area contributed by atoms with Gasteiger partial charge in [-0.3, -0.25) is 4.79 Å². The van der Waals surface area contributed by atoms with Gasteiger partial charge in [0.1, 0.15) is 0 Å². The maximum atomic E-state index is 12.1. The van der Waals surface area contributed by atoms with Crippen LogP contribution in [0.5, 0.6) is 0 Å². The topological polar surface area (TPSA) is 55.1 Å². The fraction of sp³-hybridized carbons (Fsp3) is 0.188. The van der Waals surface area contributed by atoms with E-state index in [4.69, 9.17) is 5.73 Å². The molecule has 20 heavy (non-hydrogen) atoms. The van der Waals surface area contributed by atoms with Crippen molar-refractivity contribution in [3.8, 4) is 11.8 Å². The number of nitrogens with two attached hydrogens (primary N) is 1. The number of benzene rings is 1. The standard InChI is InChI=1S/C16H16N2OS/c1-11-7-9-20-15(11)16(19)18-14-6-5-13(4-3-8-17)12(2)10-14/h5-7,9-10H,8,17H2,1-2H3,(H,18,19). The van der Waals surface area contributed by atoms with Crippen LogP contribution in [0.1, 0.15) is 26.4 Å². The van der Waals surface area contributed by atoms with E-state index in [1.54, 1.807) is 0 Å². The molecule has 0 bridgehead atoms. The monoisotopic (exact) mass is 284 g/mol. The van der Waals surface area contributed by atoms with Crippen LogP contribution >= 0.6 is 11.3 Å². The molecule has 4 heteroatoms. The van der Waals surface area contributed by atoms with Gasteiger partial charge in [0, 0.05) is 11.3 Å². The summed E-state index contributed by atoms with van der Waals surface area (Å²) < 4.78 is 0. The molecular weight excluding hydrogens is 268 g/mol. The number of anilines is 1. The lowest BCUT2D eigenvalue weighted by Crippen LogP contribution is -2.11. The van der Waals surface area contributed by atoms with Crippen molar-refractivity contribution in [2.24, 2.45) is 5.73 Å². The number of carbonyl (C=O) groups excluding carboxylic acids is 1. The van der Waals surface area contributed by atoms with Gasteiger partial charge in [0.2, 0.25) is 0 Å². The summed E-state index contributed by atoms with van der Waals surface area (Å²) in [6.07, 6.45) is 0. The second-order valence-electron chi connectivity index (χ2n) is 4.42. The van der Waals surface area contributed by atoms with E-state index < -0.39 is 0 Å². The van der Waals surface area contributed by atoms with Gasteiger partial charge in [-0.2, -0.15) is 0 Å². The number of aryl methyl sites for hydroxylation is 2. The average Bonchev–Trinajstić information content (AvgIpc) is 2.84. The molecule has 3 nitrogen and oxygen atoms in total. The average molecular weight is 284 g/mol. The van der Waals surface area contributed by atoms with Crippen molar-refractivity contribution in [3.63, 3.8) is 0 Å². The van der Waals surface area contributed by atoms with Crippen LogP contribution < -0.4 is 11.1 Å². The Morgan fingerprint density at radius 2 is 2.10 bits per heavy atom. The quantitative estimate of drug-likeness (QED) is 0.833. The first-order valence-corrected chi connectivity index (χ1v) is 7.15. The number of carbonyl (C=O) groups is 1. The number of hydrogen-bond donors (Lipinski definition) is 2. The molecule has 0 unspecified atom stereocenters. The van der Waals surface area contributed by atoms with Crippen LogP contribution in [-0.4, -0.2) is 12.5 Å². The molecule has 0 fully saturated rings. The van der Waals surface area contributed by atoms with Gasteiger partial charge in [0.05, 0.1) is 11.4 Å². The molecule has 0 aliphatic carbocycles. The normalized spacial score (nSPS) is 9.75. The Hall–Kier alpha value is -2.09. The van der Waals surface area contributed by atoms with Crippen LogP contribution in [0.15, 0.2) is 29.6 Å². The zero-order chi connectivity index (χ0) is 14.5. The first kappa shape index (κ1) is 14.3. The molecule has 2 rings (SSSR count). The summed E-state index contributed by atoms with van der Waals surface area (Å²) in [6, 6.07) is 7.61. The van der Waals surface area contributed by atoms with Gasteiger partial charge in [0.15, 0.2) is 0 Å². The van der Waals surface area contributed by atoms with Crippen LogP contribution in [0.3, 0.4) is 0 Å². The second kappa shape index (κ2) is 6.38. The Kier molecular flexibility index (Phi) is 4.57. The van der Waals surface area contributed by atoms with Crippen LogP contribution in [0.4, 0.5) is 5.69 Å². The molecule has 0 radical (unpaired) electrons. The predicted molar refractivity (Wildman–Crippen MR) is 84.1 cm³/mol. The smallest absolute Gasteiger partial charge is 0.265 e. The van der Waals surface area contributed by atoms with E-state index in [2.05, 4.69) is 17.2 Å². The predicted octanol–water partition coefficient (Wildman–Crippen LogP) is 2.93. The minimum atomic E-state index is -0.0716. The van der Waals surface area contributed by atoms with Gasteiger partial charge < -0.3 is 11.1 Å². The SMILES string of the molecule is Cc1cc(NC(=O)c2sccc2C)ccc1C#CCN. The molecule has 0 aliphatic heterocycles. The van der Waals surface area contributed by atoms with Crippen LogP contribution in [-0.2, 0) is 0 Å².